The molecule has 25 heavy (non-hydrogen) atoms. The molecule has 0 saturated heterocycles. The minimum atomic E-state index is -3.51. The van der Waals surface area contributed by atoms with E-state index in [1.165, 1.54) is 18.4 Å². The summed E-state index contributed by atoms with van der Waals surface area (Å²) in [7, 11) is -0.471. The zero-order valence-electron chi connectivity index (χ0n) is 14.7. The van der Waals surface area contributed by atoms with Crippen molar-refractivity contribution < 1.29 is 12.8 Å². The van der Waals surface area contributed by atoms with Gasteiger partial charge in [0.15, 0.2) is 5.96 Å². The highest BCUT2D eigenvalue weighted by atomic mass is 32.2. The summed E-state index contributed by atoms with van der Waals surface area (Å²) in [5.74, 6) is 1.39. The predicted octanol–water partition coefficient (Wildman–Crippen LogP) is 1.79. The highest BCUT2D eigenvalue weighted by molar-refractivity contribution is 7.89. The van der Waals surface area contributed by atoms with Crippen molar-refractivity contribution in [2.45, 2.75) is 24.9 Å². The minimum Gasteiger partial charge on any atom is -0.467 e. The Kier molecular flexibility index (Phi) is 6.60. The Balaban J connectivity index is 2.17. The van der Waals surface area contributed by atoms with Crippen LogP contribution in [0.1, 0.15) is 18.2 Å². The Labute approximate surface area is 148 Å². The molecule has 1 heterocycles. The molecule has 0 atom stereocenters. The number of hydrogen-bond acceptors (Lipinski definition) is 4. The fourth-order valence-electron chi connectivity index (χ4n) is 2.17. The van der Waals surface area contributed by atoms with Crippen LogP contribution in [0.5, 0.6) is 0 Å². The Morgan fingerprint density at radius 1 is 1.16 bits per heavy atom. The quantitative estimate of drug-likeness (QED) is 0.578. The maximum Gasteiger partial charge on any atom is 0.242 e. The molecule has 1 aromatic carbocycles. The second-order valence-corrected chi connectivity index (χ2v) is 7.64. The summed E-state index contributed by atoms with van der Waals surface area (Å²) in [6, 6.07) is 10.6. The number of benzene rings is 1. The maximum absolute atomic E-state index is 12.4. The van der Waals surface area contributed by atoms with Crippen LogP contribution in [0.2, 0.25) is 0 Å². The molecule has 1 aromatic heterocycles. The first-order valence-electron chi connectivity index (χ1n) is 8.00. The Hall–Kier alpha value is -2.32. The van der Waals surface area contributed by atoms with Gasteiger partial charge in [-0.05, 0) is 30.7 Å². The van der Waals surface area contributed by atoms with Crippen LogP contribution in [0.4, 0.5) is 0 Å². The van der Waals surface area contributed by atoms with E-state index in [1.54, 1.807) is 24.5 Å². The van der Waals surface area contributed by atoms with E-state index in [4.69, 9.17) is 4.42 Å². The topological polar surface area (TPSA) is 86.9 Å². The zero-order chi connectivity index (χ0) is 18.3. The first-order valence-corrected chi connectivity index (χ1v) is 9.44. The molecule has 0 radical (unpaired) electrons. The molecule has 0 fully saturated rings. The molecule has 136 valence electrons. The Bertz CT molecular complexity index is 799. The number of hydrogen-bond donors (Lipinski definition) is 2. The summed E-state index contributed by atoms with van der Waals surface area (Å²) in [4.78, 5) is 4.76. The van der Waals surface area contributed by atoms with Gasteiger partial charge in [0.05, 0.1) is 24.2 Å². The molecule has 2 aromatic rings. The van der Waals surface area contributed by atoms with Crippen LogP contribution in [0.3, 0.4) is 0 Å². The lowest BCUT2D eigenvalue weighted by Gasteiger charge is -2.15. The second-order valence-electron chi connectivity index (χ2n) is 5.52. The molecule has 7 nitrogen and oxygen atoms in total. The van der Waals surface area contributed by atoms with Gasteiger partial charge in [-0.2, -0.15) is 0 Å². The van der Waals surface area contributed by atoms with Crippen molar-refractivity contribution in [2.75, 3.05) is 20.6 Å². The SMILES string of the molecule is CCNC(=NCc1ccccc1S(=O)(=O)N(C)C)NCc1ccco1. The van der Waals surface area contributed by atoms with E-state index in [0.29, 0.717) is 24.6 Å². The van der Waals surface area contributed by atoms with Crippen molar-refractivity contribution in [3.05, 3.63) is 54.0 Å². The number of nitrogens with zero attached hydrogens (tertiary/aromatic N) is 2. The van der Waals surface area contributed by atoms with Crippen molar-refractivity contribution in [2.24, 2.45) is 4.99 Å². The van der Waals surface area contributed by atoms with Gasteiger partial charge in [-0.3, -0.25) is 0 Å². The van der Waals surface area contributed by atoms with Crippen LogP contribution in [0.25, 0.3) is 0 Å². The van der Waals surface area contributed by atoms with Gasteiger partial charge < -0.3 is 15.1 Å². The standard InChI is InChI=1S/C17H24N4O3S/c1-4-18-17(20-13-15-9-7-11-24-15)19-12-14-8-5-6-10-16(14)25(22,23)21(2)3/h5-11H,4,12-13H2,1-3H3,(H2,18,19,20). The van der Waals surface area contributed by atoms with Crippen LogP contribution in [0.15, 0.2) is 57.0 Å². The molecule has 2 rings (SSSR count). The lowest BCUT2D eigenvalue weighted by Crippen LogP contribution is -2.36. The van der Waals surface area contributed by atoms with Gasteiger partial charge in [0.1, 0.15) is 5.76 Å². The number of guanidine groups is 1. The van der Waals surface area contributed by atoms with Crippen molar-refractivity contribution >= 4 is 16.0 Å². The molecule has 0 unspecified atom stereocenters. The Morgan fingerprint density at radius 3 is 2.56 bits per heavy atom. The van der Waals surface area contributed by atoms with Crippen LogP contribution in [-0.2, 0) is 23.1 Å². The molecule has 0 saturated carbocycles. The van der Waals surface area contributed by atoms with Crippen molar-refractivity contribution in [3.63, 3.8) is 0 Å². The monoisotopic (exact) mass is 364 g/mol. The van der Waals surface area contributed by atoms with Gasteiger partial charge >= 0.3 is 0 Å². The summed E-state index contributed by atoms with van der Waals surface area (Å²) >= 11 is 0. The number of rotatable bonds is 7. The highest BCUT2D eigenvalue weighted by Gasteiger charge is 2.20. The smallest absolute Gasteiger partial charge is 0.242 e. The Morgan fingerprint density at radius 2 is 1.92 bits per heavy atom. The van der Waals surface area contributed by atoms with Gasteiger partial charge in [-0.15, -0.1) is 0 Å². The van der Waals surface area contributed by atoms with E-state index in [9.17, 15) is 8.42 Å². The molecule has 8 heteroatoms. The van der Waals surface area contributed by atoms with Crippen molar-refractivity contribution in [3.8, 4) is 0 Å². The lowest BCUT2D eigenvalue weighted by atomic mass is 10.2. The molecule has 0 bridgehead atoms. The molecule has 0 amide bonds. The zero-order valence-corrected chi connectivity index (χ0v) is 15.5. The number of aliphatic imine (C=N–C) groups is 1. The van der Waals surface area contributed by atoms with Gasteiger partial charge in [0.2, 0.25) is 10.0 Å². The van der Waals surface area contributed by atoms with E-state index in [2.05, 4.69) is 15.6 Å². The van der Waals surface area contributed by atoms with E-state index >= 15 is 0 Å². The average molecular weight is 364 g/mol. The summed E-state index contributed by atoms with van der Waals surface area (Å²) in [6.45, 7) is 3.41. The van der Waals surface area contributed by atoms with Gasteiger partial charge in [0.25, 0.3) is 0 Å². The van der Waals surface area contributed by atoms with E-state index in [1.807, 2.05) is 25.1 Å². The number of sulfonamides is 1. The summed E-state index contributed by atoms with van der Waals surface area (Å²) < 4.78 is 31.4. The molecule has 0 aliphatic rings. The van der Waals surface area contributed by atoms with Gasteiger partial charge in [-0.25, -0.2) is 17.7 Å². The second kappa shape index (κ2) is 8.68. The minimum absolute atomic E-state index is 0.247. The summed E-state index contributed by atoms with van der Waals surface area (Å²) in [5, 5.41) is 6.29. The summed E-state index contributed by atoms with van der Waals surface area (Å²) in [5.41, 5.74) is 0.645. The number of furan rings is 1. The first-order chi connectivity index (χ1) is 11.9. The number of nitrogens with one attached hydrogen (secondary N) is 2. The van der Waals surface area contributed by atoms with Crippen LogP contribution in [-0.4, -0.2) is 39.3 Å². The van der Waals surface area contributed by atoms with Crippen LogP contribution >= 0.6 is 0 Å². The molecular formula is C17H24N4O3S. The fourth-order valence-corrected chi connectivity index (χ4v) is 3.28. The van der Waals surface area contributed by atoms with Crippen LogP contribution in [0, 0.1) is 0 Å². The van der Waals surface area contributed by atoms with E-state index < -0.39 is 10.0 Å². The third kappa shape index (κ3) is 5.07. The first kappa shape index (κ1) is 19.0. The normalized spacial score (nSPS) is 12.4. The van der Waals surface area contributed by atoms with Gasteiger partial charge in [0, 0.05) is 20.6 Å². The molecule has 0 aliphatic carbocycles. The summed E-state index contributed by atoms with van der Waals surface area (Å²) in [6.07, 6.45) is 1.61. The molecule has 2 N–H and O–H groups in total. The highest BCUT2D eigenvalue weighted by Crippen LogP contribution is 2.19. The van der Waals surface area contributed by atoms with E-state index in [0.717, 1.165) is 5.76 Å². The molecular weight excluding hydrogens is 340 g/mol. The van der Waals surface area contributed by atoms with Crippen LogP contribution < -0.4 is 10.6 Å². The average Bonchev–Trinajstić information content (AvgIpc) is 3.11. The molecule has 0 aliphatic heterocycles. The fraction of sp³-hybridized carbons (Fsp3) is 0.353. The largest absolute Gasteiger partial charge is 0.467 e. The van der Waals surface area contributed by atoms with Crippen molar-refractivity contribution in [1.29, 1.82) is 0 Å². The predicted molar refractivity (Wildman–Crippen MR) is 97.7 cm³/mol. The van der Waals surface area contributed by atoms with Crippen molar-refractivity contribution in [1.82, 2.24) is 14.9 Å². The third-order valence-electron chi connectivity index (χ3n) is 3.49. The maximum atomic E-state index is 12.4. The third-order valence-corrected chi connectivity index (χ3v) is 5.41. The lowest BCUT2D eigenvalue weighted by molar-refractivity contribution is 0.501. The van der Waals surface area contributed by atoms with E-state index in [-0.39, 0.29) is 11.4 Å². The molecule has 0 spiro atoms. The van der Waals surface area contributed by atoms with Gasteiger partial charge in [-0.1, -0.05) is 18.2 Å².